The molecule has 1 aromatic heterocycles. The molecule has 2 fully saturated rings. The van der Waals surface area contributed by atoms with E-state index in [1.165, 1.54) is 0 Å². The topological polar surface area (TPSA) is 71.0 Å². The van der Waals surface area contributed by atoms with Crippen LogP contribution in [0.5, 0.6) is 0 Å². The Kier molecular flexibility index (Phi) is 5.47. The van der Waals surface area contributed by atoms with Gasteiger partial charge < -0.3 is 24.2 Å². The van der Waals surface area contributed by atoms with Gasteiger partial charge in [-0.05, 0) is 6.92 Å². The zero-order chi connectivity index (χ0) is 16.9. The number of hydrogen-bond acceptors (Lipinski definition) is 7. The van der Waals surface area contributed by atoms with E-state index in [1.54, 1.807) is 7.11 Å². The highest BCUT2D eigenvalue weighted by atomic mass is 16.5. The molecule has 132 valence electrons. The minimum Gasteiger partial charge on any atom is -0.378 e. The molecule has 0 bridgehead atoms. The summed E-state index contributed by atoms with van der Waals surface area (Å²) in [4.78, 5) is 27.4. The Balaban J connectivity index is 1.67. The zero-order valence-corrected chi connectivity index (χ0v) is 14.4. The lowest BCUT2D eigenvalue weighted by Crippen LogP contribution is -2.50. The lowest BCUT2D eigenvalue weighted by molar-refractivity contribution is -0.135. The van der Waals surface area contributed by atoms with Gasteiger partial charge in [0.05, 0.1) is 13.2 Å². The summed E-state index contributed by atoms with van der Waals surface area (Å²) in [6.07, 6.45) is 0. The van der Waals surface area contributed by atoms with Crippen LogP contribution in [0, 0.1) is 6.92 Å². The summed E-state index contributed by atoms with van der Waals surface area (Å²) in [6, 6.07) is 2.05. The monoisotopic (exact) mass is 335 g/mol. The smallest absolute Gasteiger partial charge is 0.248 e. The number of piperazine rings is 1. The van der Waals surface area contributed by atoms with Crippen LogP contribution in [0.25, 0.3) is 0 Å². The van der Waals surface area contributed by atoms with E-state index in [4.69, 9.17) is 9.47 Å². The van der Waals surface area contributed by atoms with E-state index in [2.05, 4.69) is 19.8 Å². The summed E-state index contributed by atoms with van der Waals surface area (Å²) in [5.41, 5.74) is 0. The van der Waals surface area contributed by atoms with Gasteiger partial charge in [0.15, 0.2) is 0 Å². The number of morpholine rings is 1. The van der Waals surface area contributed by atoms with Crippen molar-refractivity contribution in [2.45, 2.75) is 6.92 Å². The summed E-state index contributed by atoms with van der Waals surface area (Å²) in [5.74, 6) is 2.71. The maximum absolute atomic E-state index is 11.9. The zero-order valence-electron chi connectivity index (χ0n) is 14.4. The van der Waals surface area contributed by atoms with Crippen molar-refractivity contribution in [1.82, 2.24) is 14.9 Å². The fraction of sp³-hybridized carbons (Fsp3) is 0.688. The molecular weight excluding hydrogens is 310 g/mol. The summed E-state index contributed by atoms with van der Waals surface area (Å²) in [7, 11) is 1.55. The lowest BCUT2D eigenvalue weighted by Gasteiger charge is -2.36. The number of aryl methyl sites for hydroxylation is 1. The van der Waals surface area contributed by atoms with E-state index in [9.17, 15) is 4.79 Å². The van der Waals surface area contributed by atoms with Crippen molar-refractivity contribution in [2.24, 2.45) is 0 Å². The molecule has 0 aromatic carbocycles. The van der Waals surface area contributed by atoms with Crippen LogP contribution in [0.15, 0.2) is 6.07 Å². The van der Waals surface area contributed by atoms with Gasteiger partial charge in [0.1, 0.15) is 24.1 Å². The van der Waals surface area contributed by atoms with Crippen LogP contribution >= 0.6 is 0 Å². The molecule has 0 unspecified atom stereocenters. The average molecular weight is 335 g/mol. The first kappa shape index (κ1) is 16.9. The van der Waals surface area contributed by atoms with E-state index in [0.29, 0.717) is 13.1 Å². The normalized spacial score (nSPS) is 18.8. The predicted molar refractivity (Wildman–Crippen MR) is 90.5 cm³/mol. The first-order chi connectivity index (χ1) is 11.7. The summed E-state index contributed by atoms with van der Waals surface area (Å²) >= 11 is 0. The van der Waals surface area contributed by atoms with Gasteiger partial charge in [-0.2, -0.15) is 0 Å². The minimum absolute atomic E-state index is 0.0463. The summed E-state index contributed by atoms with van der Waals surface area (Å²) in [6.45, 7) is 8.18. The molecule has 1 aromatic rings. The van der Waals surface area contributed by atoms with Crippen LogP contribution in [0.1, 0.15) is 5.82 Å². The number of nitrogens with zero attached hydrogens (tertiary/aromatic N) is 5. The summed E-state index contributed by atoms with van der Waals surface area (Å²) in [5, 5.41) is 0. The van der Waals surface area contributed by atoms with Gasteiger partial charge in [-0.3, -0.25) is 4.79 Å². The van der Waals surface area contributed by atoms with Gasteiger partial charge in [0.2, 0.25) is 5.91 Å². The quantitative estimate of drug-likeness (QED) is 0.762. The van der Waals surface area contributed by atoms with Crippen LogP contribution in [-0.2, 0) is 14.3 Å². The Morgan fingerprint density at radius 2 is 1.67 bits per heavy atom. The number of hydrogen-bond donors (Lipinski definition) is 0. The van der Waals surface area contributed by atoms with Crippen molar-refractivity contribution < 1.29 is 14.3 Å². The Morgan fingerprint density at radius 1 is 1.08 bits per heavy atom. The number of methoxy groups -OCH3 is 1. The first-order valence-electron chi connectivity index (χ1n) is 8.37. The Morgan fingerprint density at radius 3 is 2.25 bits per heavy atom. The number of carbonyl (C=O) groups excluding carboxylic acids is 1. The maximum atomic E-state index is 11.9. The molecule has 24 heavy (non-hydrogen) atoms. The highest BCUT2D eigenvalue weighted by Gasteiger charge is 2.23. The molecule has 1 amide bonds. The van der Waals surface area contributed by atoms with Crippen molar-refractivity contribution in [1.29, 1.82) is 0 Å². The van der Waals surface area contributed by atoms with Gasteiger partial charge in [0, 0.05) is 52.4 Å². The van der Waals surface area contributed by atoms with E-state index in [1.807, 2.05) is 17.9 Å². The molecule has 8 nitrogen and oxygen atoms in total. The summed E-state index contributed by atoms with van der Waals surface area (Å²) < 4.78 is 10.3. The average Bonchev–Trinajstić information content (AvgIpc) is 2.62. The molecule has 0 saturated carbocycles. The molecule has 2 aliphatic rings. The molecule has 0 N–H and O–H groups in total. The van der Waals surface area contributed by atoms with E-state index in [-0.39, 0.29) is 12.5 Å². The third-order valence-electron chi connectivity index (χ3n) is 4.37. The highest BCUT2D eigenvalue weighted by molar-refractivity contribution is 5.77. The van der Waals surface area contributed by atoms with Gasteiger partial charge in [-0.15, -0.1) is 0 Å². The molecule has 0 aliphatic carbocycles. The fourth-order valence-corrected chi connectivity index (χ4v) is 3.05. The van der Waals surface area contributed by atoms with Crippen LogP contribution in [0.4, 0.5) is 11.6 Å². The largest absolute Gasteiger partial charge is 0.378 e. The van der Waals surface area contributed by atoms with Crippen LogP contribution in [-0.4, -0.2) is 87.0 Å². The van der Waals surface area contributed by atoms with Gasteiger partial charge in [0.25, 0.3) is 0 Å². The Labute approximate surface area is 142 Å². The van der Waals surface area contributed by atoms with E-state index < -0.39 is 0 Å². The van der Waals surface area contributed by atoms with E-state index in [0.717, 1.165) is 56.9 Å². The molecular formula is C16H25N5O3. The van der Waals surface area contributed by atoms with Crippen LogP contribution in [0.3, 0.4) is 0 Å². The molecule has 0 atom stereocenters. The molecule has 0 radical (unpaired) electrons. The van der Waals surface area contributed by atoms with Gasteiger partial charge in [-0.25, -0.2) is 9.97 Å². The molecule has 0 spiro atoms. The van der Waals surface area contributed by atoms with Crippen LogP contribution < -0.4 is 9.80 Å². The van der Waals surface area contributed by atoms with E-state index >= 15 is 0 Å². The maximum Gasteiger partial charge on any atom is 0.248 e. The molecule has 3 rings (SSSR count). The number of aromatic nitrogens is 2. The van der Waals surface area contributed by atoms with Gasteiger partial charge >= 0.3 is 0 Å². The third kappa shape index (κ3) is 3.93. The van der Waals surface area contributed by atoms with Crippen molar-refractivity contribution in [3.05, 3.63) is 11.9 Å². The minimum atomic E-state index is 0.0463. The Bertz CT molecular complexity index is 569. The number of rotatable bonds is 4. The third-order valence-corrected chi connectivity index (χ3v) is 4.37. The second kappa shape index (κ2) is 7.76. The SMILES string of the molecule is COCC(=O)N1CCN(c2cc(N3CCOCC3)nc(C)n2)CC1. The number of ether oxygens (including phenoxy) is 2. The number of amides is 1. The molecule has 2 saturated heterocycles. The van der Waals surface area contributed by atoms with Gasteiger partial charge in [-0.1, -0.05) is 0 Å². The van der Waals surface area contributed by atoms with Crippen molar-refractivity contribution in [3.63, 3.8) is 0 Å². The number of carbonyl (C=O) groups is 1. The highest BCUT2D eigenvalue weighted by Crippen LogP contribution is 2.21. The second-order valence-electron chi connectivity index (χ2n) is 6.03. The molecule has 3 heterocycles. The number of anilines is 2. The van der Waals surface area contributed by atoms with Crippen LogP contribution in [0.2, 0.25) is 0 Å². The van der Waals surface area contributed by atoms with Crippen molar-refractivity contribution in [3.8, 4) is 0 Å². The second-order valence-corrected chi connectivity index (χ2v) is 6.03. The van der Waals surface area contributed by atoms with Crippen molar-refractivity contribution >= 4 is 17.5 Å². The molecule has 8 heteroatoms. The lowest BCUT2D eigenvalue weighted by atomic mass is 10.3. The first-order valence-corrected chi connectivity index (χ1v) is 8.37. The Hall–Kier alpha value is -1.93. The molecule has 2 aliphatic heterocycles. The predicted octanol–water partition coefficient (Wildman–Crippen LogP) is -0.0834. The standard InChI is InChI=1S/C16H25N5O3/c1-13-17-14(11-15(18-13)20-7-9-24-10-8-20)19-3-5-21(6-4-19)16(22)12-23-2/h11H,3-10,12H2,1-2H3. The van der Waals surface area contributed by atoms with Crippen molar-refractivity contribution in [2.75, 3.05) is 76.0 Å². The fourth-order valence-electron chi connectivity index (χ4n) is 3.05.